The first kappa shape index (κ1) is 14.3. The van der Waals surface area contributed by atoms with Crippen LogP contribution in [0.4, 0.5) is 0 Å². The maximum Gasteiger partial charge on any atom is 0.0764 e. The van der Waals surface area contributed by atoms with Crippen LogP contribution in [0.25, 0.3) is 0 Å². The van der Waals surface area contributed by atoms with Crippen LogP contribution in [0, 0.1) is 5.92 Å². The Labute approximate surface area is 128 Å². The fraction of sp³-hybridized carbons (Fsp3) is 0.500. The van der Waals surface area contributed by atoms with E-state index in [1.165, 1.54) is 22.6 Å². The van der Waals surface area contributed by atoms with Crippen molar-refractivity contribution in [2.24, 2.45) is 5.92 Å². The molecule has 4 heteroatoms. The molecule has 2 nitrogen and oxygen atoms in total. The van der Waals surface area contributed by atoms with Crippen LogP contribution >= 0.6 is 22.7 Å². The van der Waals surface area contributed by atoms with Gasteiger partial charge in [0.1, 0.15) is 0 Å². The first-order chi connectivity index (χ1) is 9.93. The molecule has 1 aliphatic carbocycles. The van der Waals surface area contributed by atoms with Crippen molar-refractivity contribution in [3.05, 3.63) is 44.8 Å². The van der Waals surface area contributed by atoms with E-state index in [0.717, 1.165) is 32.1 Å². The number of thiophene rings is 2. The van der Waals surface area contributed by atoms with Crippen LogP contribution in [-0.4, -0.2) is 19.8 Å². The average Bonchev–Trinajstić information content (AvgIpc) is 2.96. The van der Waals surface area contributed by atoms with E-state index in [1.54, 1.807) is 0 Å². The molecule has 0 aromatic carbocycles. The number of hydrogen-bond acceptors (Lipinski definition) is 4. The van der Waals surface area contributed by atoms with Crippen molar-refractivity contribution in [3.63, 3.8) is 0 Å². The van der Waals surface area contributed by atoms with Crippen LogP contribution in [0.5, 0.6) is 0 Å². The molecular formula is C16H21NOS2. The third-order valence-corrected chi connectivity index (χ3v) is 5.39. The van der Waals surface area contributed by atoms with Crippen LogP contribution < -0.4 is 5.32 Å². The van der Waals surface area contributed by atoms with E-state index in [0.29, 0.717) is 6.04 Å². The number of hydrogen-bond donors (Lipinski definition) is 1. The summed E-state index contributed by atoms with van der Waals surface area (Å²) in [5.74, 6) is 0.868. The first-order valence-corrected chi connectivity index (χ1v) is 9.07. The van der Waals surface area contributed by atoms with Crippen LogP contribution in [0.1, 0.15) is 35.1 Å². The van der Waals surface area contributed by atoms with Crippen molar-refractivity contribution in [1.29, 1.82) is 0 Å². The highest BCUT2D eigenvalue weighted by atomic mass is 32.1. The second-order valence-corrected chi connectivity index (χ2v) is 7.25. The van der Waals surface area contributed by atoms with Crippen molar-refractivity contribution < 1.29 is 4.74 Å². The van der Waals surface area contributed by atoms with Crippen LogP contribution in [0.15, 0.2) is 35.0 Å². The molecule has 0 bridgehead atoms. The van der Waals surface area contributed by atoms with Gasteiger partial charge in [-0.05, 0) is 54.6 Å². The Bertz CT molecular complexity index is 442. The topological polar surface area (TPSA) is 21.3 Å². The van der Waals surface area contributed by atoms with Crippen molar-refractivity contribution in [1.82, 2.24) is 5.32 Å². The zero-order valence-corrected chi connectivity index (χ0v) is 13.2. The summed E-state index contributed by atoms with van der Waals surface area (Å²) in [6, 6.07) is 9.03. The third-order valence-electron chi connectivity index (χ3n) is 3.52. The molecule has 2 heterocycles. The Hall–Kier alpha value is -0.680. The summed E-state index contributed by atoms with van der Waals surface area (Å²) in [4.78, 5) is 2.79. The molecule has 1 fully saturated rings. The lowest BCUT2D eigenvalue weighted by Crippen LogP contribution is -2.23. The molecule has 0 atom stereocenters. The minimum Gasteiger partial charge on any atom is -0.381 e. The van der Waals surface area contributed by atoms with E-state index in [9.17, 15) is 0 Å². The Morgan fingerprint density at radius 2 is 1.85 bits per heavy atom. The minimum absolute atomic E-state index is 0.346. The monoisotopic (exact) mass is 307 g/mol. The van der Waals surface area contributed by atoms with Crippen molar-refractivity contribution in [2.75, 3.05) is 19.8 Å². The SMILES string of the molecule is c1csc(C(NCCCOCC2CC2)c2cccs2)c1. The number of rotatable bonds is 9. The van der Waals surface area contributed by atoms with E-state index in [1.807, 2.05) is 22.7 Å². The summed E-state index contributed by atoms with van der Waals surface area (Å²) in [6.07, 6.45) is 3.83. The molecule has 20 heavy (non-hydrogen) atoms. The highest BCUT2D eigenvalue weighted by Gasteiger charge is 2.21. The molecule has 0 unspecified atom stereocenters. The molecule has 2 aromatic heterocycles. The average molecular weight is 307 g/mol. The van der Waals surface area contributed by atoms with Crippen LogP contribution in [-0.2, 0) is 4.74 Å². The standard InChI is InChI=1S/C16H21NOS2/c1-4-14(19-10-1)16(15-5-2-11-20-15)17-8-3-9-18-12-13-6-7-13/h1-2,4-5,10-11,13,16-17H,3,6-9,12H2. The van der Waals surface area contributed by atoms with Gasteiger partial charge in [-0.15, -0.1) is 22.7 Å². The van der Waals surface area contributed by atoms with Gasteiger partial charge in [0.15, 0.2) is 0 Å². The summed E-state index contributed by atoms with van der Waals surface area (Å²) in [7, 11) is 0. The highest BCUT2D eigenvalue weighted by molar-refractivity contribution is 7.11. The van der Waals surface area contributed by atoms with Crippen molar-refractivity contribution >= 4 is 22.7 Å². The molecule has 0 spiro atoms. The molecule has 0 radical (unpaired) electrons. The second-order valence-electron chi connectivity index (χ2n) is 5.29. The lowest BCUT2D eigenvalue weighted by atomic mass is 10.2. The van der Waals surface area contributed by atoms with Crippen molar-refractivity contribution in [2.45, 2.75) is 25.3 Å². The minimum atomic E-state index is 0.346. The predicted molar refractivity (Wildman–Crippen MR) is 86.6 cm³/mol. The normalized spacial score (nSPS) is 15.1. The Kier molecular flexibility index (Phi) is 5.25. The largest absolute Gasteiger partial charge is 0.381 e. The number of ether oxygens (including phenoxy) is 1. The Balaban J connectivity index is 1.44. The molecule has 2 aromatic rings. The maximum absolute atomic E-state index is 5.69. The smallest absolute Gasteiger partial charge is 0.0764 e. The second kappa shape index (κ2) is 7.36. The van der Waals surface area contributed by atoms with Gasteiger partial charge < -0.3 is 10.1 Å². The van der Waals surface area contributed by atoms with E-state index < -0.39 is 0 Å². The predicted octanol–water partition coefficient (Wildman–Crippen LogP) is 4.31. The van der Waals surface area contributed by atoms with Gasteiger partial charge in [0.2, 0.25) is 0 Å². The van der Waals surface area contributed by atoms with Gasteiger partial charge >= 0.3 is 0 Å². The molecule has 108 valence electrons. The lowest BCUT2D eigenvalue weighted by Gasteiger charge is -2.16. The fourth-order valence-electron chi connectivity index (χ4n) is 2.21. The van der Waals surface area contributed by atoms with E-state index >= 15 is 0 Å². The van der Waals surface area contributed by atoms with Gasteiger partial charge in [-0.25, -0.2) is 0 Å². The van der Waals surface area contributed by atoms with Gasteiger partial charge in [0.05, 0.1) is 6.04 Å². The number of nitrogens with one attached hydrogen (secondary N) is 1. The quantitative estimate of drug-likeness (QED) is 0.697. The van der Waals surface area contributed by atoms with Gasteiger partial charge in [-0.3, -0.25) is 0 Å². The lowest BCUT2D eigenvalue weighted by molar-refractivity contribution is 0.122. The summed E-state index contributed by atoms with van der Waals surface area (Å²) in [6.45, 7) is 2.86. The summed E-state index contributed by atoms with van der Waals surface area (Å²) < 4.78 is 5.69. The summed E-state index contributed by atoms with van der Waals surface area (Å²) >= 11 is 3.65. The Morgan fingerprint density at radius 1 is 1.15 bits per heavy atom. The van der Waals surface area contributed by atoms with E-state index in [2.05, 4.69) is 40.3 Å². The van der Waals surface area contributed by atoms with Gasteiger partial charge in [0.25, 0.3) is 0 Å². The van der Waals surface area contributed by atoms with Crippen LogP contribution in [0.3, 0.4) is 0 Å². The molecule has 1 saturated carbocycles. The van der Waals surface area contributed by atoms with Crippen LogP contribution in [0.2, 0.25) is 0 Å². The van der Waals surface area contributed by atoms with E-state index in [-0.39, 0.29) is 0 Å². The van der Waals surface area contributed by atoms with E-state index in [4.69, 9.17) is 4.74 Å². The van der Waals surface area contributed by atoms with Gasteiger partial charge in [0, 0.05) is 23.0 Å². The molecule has 1 N–H and O–H groups in total. The summed E-state index contributed by atoms with van der Waals surface area (Å²) in [5.41, 5.74) is 0. The zero-order chi connectivity index (χ0) is 13.6. The van der Waals surface area contributed by atoms with Gasteiger partial charge in [-0.1, -0.05) is 12.1 Å². The molecular weight excluding hydrogens is 286 g/mol. The zero-order valence-electron chi connectivity index (χ0n) is 11.6. The fourth-order valence-corrected chi connectivity index (χ4v) is 3.92. The Morgan fingerprint density at radius 3 is 2.40 bits per heavy atom. The molecule has 3 rings (SSSR count). The van der Waals surface area contributed by atoms with Crippen molar-refractivity contribution in [3.8, 4) is 0 Å². The highest BCUT2D eigenvalue weighted by Crippen LogP contribution is 2.29. The molecule has 0 aliphatic heterocycles. The molecule has 1 aliphatic rings. The third kappa shape index (κ3) is 4.16. The summed E-state index contributed by atoms with van der Waals surface area (Å²) in [5, 5.41) is 7.97. The molecule has 0 saturated heterocycles. The first-order valence-electron chi connectivity index (χ1n) is 7.31. The maximum atomic E-state index is 5.69. The van der Waals surface area contributed by atoms with Gasteiger partial charge in [-0.2, -0.15) is 0 Å². The molecule has 0 amide bonds.